The van der Waals surface area contributed by atoms with Crippen molar-refractivity contribution in [3.63, 3.8) is 0 Å². The largest absolute Gasteiger partial charge is 0.494 e. The Balaban J connectivity index is 1.49. The molecule has 0 saturated carbocycles. The van der Waals surface area contributed by atoms with E-state index in [4.69, 9.17) is 21.1 Å². The first-order valence-electron chi connectivity index (χ1n) is 15.7. The Morgan fingerprint density at radius 2 is 1.49 bits per heavy atom. The van der Waals surface area contributed by atoms with Crippen LogP contribution >= 0.6 is 11.6 Å². The normalized spacial score (nSPS) is 29.9. The number of halogens is 1. The SMILES string of the molecule is CCOc1ccc(N2CC=C[C@]3(CC)O[C@]45C=CCN(c6ccc(Cl)cc6)C(=O)C4N([C@@H](CO)C(C)C)C(=O)[C@@H]5[C@@H]3C2=O)cc1. The highest BCUT2D eigenvalue weighted by atomic mass is 35.5. The van der Waals surface area contributed by atoms with Gasteiger partial charge in [0.05, 0.1) is 36.7 Å². The molecule has 4 aliphatic heterocycles. The summed E-state index contributed by atoms with van der Waals surface area (Å²) in [5, 5.41) is 11.1. The van der Waals surface area contributed by atoms with Gasteiger partial charge in [0.15, 0.2) is 0 Å². The van der Waals surface area contributed by atoms with Crippen LogP contribution in [0.2, 0.25) is 5.02 Å². The van der Waals surface area contributed by atoms with E-state index in [1.54, 1.807) is 34.1 Å². The second-order valence-electron chi connectivity index (χ2n) is 12.5. The van der Waals surface area contributed by atoms with Gasteiger partial charge in [0.25, 0.3) is 5.91 Å². The number of hydrogen-bond donors (Lipinski definition) is 1. The Morgan fingerprint density at radius 3 is 2.07 bits per heavy atom. The first-order valence-corrected chi connectivity index (χ1v) is 16.1. The minimum Gasteiger partial charge on any atom is -0.494 e. The zero-order valence-corrected chi connectivity index (χ0v) is 26.8. The molecule has 45 heavy (non-hydrogen) atoms. The maximum absolute atomic E-state index is 14.8. The first kappa shape index (κ1) is 31.3. The summed E-state index contributed by atoms with van der Waals surface area (Å²) in [7, 11) is 0. The lowest BCUT2D eigenvalue weighted by Gasteiger charge is -2.41. The Bertz CT molecular complexity index is 1520. The van der Waals surface area contributed by atoms with Crippen LogP contribution in [0.25, 0.3) is 0 Å². The van der Waals surface area contributed by atoms with Gasteiger partial charge in [0.2, 0.25) is 11.8 Å². The van der Waals surface area contributed by atoms with Gasteiger partial charge >= 0.3 is 0 Å². The molecule has 4 aliphatic rings. The Labute approximate surface area is 269 Å². The molecule has 2 aromatic rings. The van der Waals surface area contributed by atoms with E-state index in [0.717, 1.165) is 0 Å². The Morgan fingerprint density at radius 1 is 0.889 bits per heavy atom. The number of hydrogen-bond acceptors (Lipinski definition) is 6. The summed E-state index contributed by atoms with van der Waals surface area (Å²) >= 11 is 6.16. The van der Waals surface area contributed by atoms with E-state index >= 15 is 0 Å². The van der Waals surface area contributed by atoms with E-state index in [9.17, 15) is 19.5 Å². The van der Waals surface area contributed by atoms with Gasteiger partial charge in [-0.15, -0.1) is 0 Å². The fourth-order valence-corrected chi connectivity index (χ4v) is 7.78. The molecular formula is C35H40ClN3O6. The minimum absolute atomic E-state index is 0.167. The van der Waals surface area contributed by atoms with Gasteiger partial charge in [-0.05, 0) is 67.8 Å². The van der Waals surface area contributed by atoms with E-state index in [2.05, 4.69) is 0 Å². The number of carbonyl (C=O) groups excluding carboxylic acids is 3. The number of anilines is 2. The number of rotatable bonds is 8. The molecule has 6 rings (SSSR count). The topological polar surface area (TPSA) is 99.6 Å². The van der Waals surface area contributed by atoms with Gasteiger partial charge in [0, 0.05) is 29.5 Å². The summed E-state index contributed by atoms with van der Waals surface area (Å²) in [4.78, 5) is 49.1. The third-order valence-corrected chi connectivity index (χ3v) is 10.0. The number of nitrogens with zero attached hydrogens (tertiary/aromatic N) is 3. The quantitative estimate of drug-likeness (QED) is 0.426. The third kappa shape index (κ3) is 4.87. The predicted octanol–water partition coefficient (Wildman–Crippen LogP) is 4.62. The van der Waals surface area contributed by atoms with Crippen molar-refractivity contribution in [1.29, 1.82) is 0 Å². The molecule has 1 spiro atoms. The zero-order chi connectivity index (χ0) is 32.1. The predicted molar refractivity (Wildman–Crippen MR) is 172 cm³/mol. The van der Waals surface area contributed by atoms with Crippen LogP contribution in [-0.2, 0) is 19.1 Å². The summed E-state index contributed by atoms with van der Waals surface area (Å²) < 4.78 is 12.7. The van der Waals surface area contributed by atoms with E-state index in [0.29, 0.717) is 41.7 Å². The van der Waals surface area contributed by atoms with Crippen molar-refractivity contribution in [2.45, 2.75) is 57.4 Å². The molecule has 2 fully saturated rings. The molecule has 238 valence electrons. The van der Waals surface area contributed by atoms with E-state index < -0.39 is 35.1 Å². The van der Waals surface area contributed by atoms with Crippen LogP contribution < -0.4 is 14.5 Å². The molecule has 2 saturated heterocycles. The highest BCUT2D eigenvalue weighted by Crippen LogP contribution is 2.59. The van der Waals surface area contributed by atoms with Gasteiger partial charge in [-0.1, -0.05) is 56.7 Å². The van der Waals surface area contributed by atoms with Crippen LogP contribution in [0.3, 0.4) is 0 Å². The molecule has 1 N–H and O–H groups in total. The number of benzene rings is 2. The number of aliphatic hydroxyl groups excluding tert-OH is 1. The summed E-state index contributed by atoms with van der Waals surface area (Å²) in [6.45, 7) is 8.41. The van der Waals surface area contributed by atoms with Crippen molar-refractivity contribution < 1.29 is 29.0 Å². The first-order chi connectivity index (χ1) is 21.6. The van der Waals surface area contributed by atoms with Crippen molar-refractivity contribution >= 4 is 40.7 Å². The second-order valence-corrected chi connectivity index (χ2v) is 12.9. The standard InChI is InChI=1S/C35H40ClN3O6/c1-5-34-17-7-19-37(25-13-15-26(16-14-25)44-6-2)31(41)28(34)29-32(42)39(27(21-40)22(3)4)30-33(43)38(20-8-18-35(29,30)45-34)24-11-9-23(36)10-12-24/h7-18,22,27-30,40H,5-6,19-21H2,1-4H3/t27-,28+,29-,30?,34-,35-/m0/s1. The monoisotopic (exact) mass is 633 g/mol. The summed E-state index contributed by atoms with van der Waals surface area (Å²) in [6, 6.07) is 12.5. The third-order valence-electron chi connectivity index (χ3n) is 9.79. The molecule has 1 unspecified atom stereocenters. The fourth-order valence-electron chi connectivity index (χ4n) is 7.65. The molecule has 10 heteroatoms. The highest BCUT2D eigenvalue weighted by Gasteiger charge is 2.76. The molecule has 0 aliphatic carbocycles. The number of amides is 3. The van der Waals surface area contributed by atoms with E-state index in [1.807, 2.05) is 76.3 Å². The zero-order valence-electron chi connectivity index (χ0n) is 26.1. The summed E-state index contributed by atoms with van der Waals surface area (Å²) in [6.07, 6.45) is 7.94. The molecule has 0 radical (unpaired) electrons. The molecule has 3 amide bonds. The van der Waals surface area contributed by atoms with Crippen molar-refractivity contribution in [2.24, 2.45) is 17.8 Å². The highest BCUT2D eigenvalue weighted by molar-refractivity contribution is 6.30. The maximum Gasteiger partial charge on any atom is 0.253 e. The Hall–Kier alpha value is -3.66. The molecule has 2 aromatic carbocycles. The molecule has 4 heterocycles. The smallest absolute Gasteiger partial charge is 0.253 e. The van der Waals surface area contributed by atoms with Gasteiger partial charge in [-0.25, -0.2) is 0 Å². The van der Waals surface area contributed by atoms with Crippen molar-refractivity contribution in [2.75, 3.05) is 36.1 Å². The molecule has 9 nitrogen and oxygen atoms in total. The lowest BCUT2D eigenvalue weighted by molar-refractivity contribution is -0.150. The number of carbonyl (C=O) groups is 3. The van der Waals surface area contributed by atoms with Crippen LogP contribution in [0.15, 0.2) is 72.8 Å². The van der Waals surface area contributed by atoms with Crippen LogP contribution in [0, 0.1) is 17.8 Å². The van der Waals surface area contributed by atoms with Crippen molar-refractivity contribution in [3.8, 4) is 5.75 Å². The molecule has 0 bridgehead atoms. The van der Waals surface area contributed by atoms with Crippen LogP contribution in [0.4, 0.5) is 11.4 Å². The number of likely N-dealkylation sites (tertiary alicyclic amines) is 1. The van der Waals surface area contributed by atoms with E-state index in [1.165, 1.54) is 4.90 Å². The lowest BCUT2D eigenvalue weighted by atomic mass is 9.73. The van der Waals surface area contributed by atoms with Crippen molar-refractivity contribution in [3.05, 3.63) is 77.9 Å². The van der Waals surface area contributed by atoms with Gasteiger partial charge < -0.3 is 29.3 Å². The van der Waals surface area contributed by atoms with Crippen LogP contribution in [0.1, 0.15) is 34.1 Å². The van der Waals surface area contributed by atoms with Crippen LogP contribution in [0.5, 0.6) is 5.75 Å². The average Bonchev–Trinajstić information content (AvgIpc) is 3.31. The second kappa shape index (κ2) is 11.9. The number of fused-ring (bicyclic) bond motifs is 2. The number of ether oxygens (including phenoxy) is 2. The maximum atomic E-state index is 14.8. The van der Waals surface area contributed by atoms with Gasteiger partial charge in [0.1, 0.15) is 17.4 Å². The number of aliphatic hydroxyl groups is 1. The average molecular weight is 634 g/mol. The van der Waals surface area contributed by atoms with E-state index in [-0.39, 0.29) is 36.8 Å². The van der Waals surface area contributed by atoms with Gasteiger partial charge in [-0.2, -0.15) is 0 Å². The summed E-state index contributed by atoms with van der Waals surface area (Å²) in [5.41, 5.74) is -1.24. The molecule has 0 aromatic heterocycles. The fraction of sp³-hybridized carbons (Fsp3) is 0.457. The Kier molecular flexibility index (Phi) is 8.31. The van der Waals surface area contributed by atoms with Crippen LogP contribution in [-0.4, -0.2) is 77.3 Å². The van der Waals surface area contributed by atoms with Crippen molar-refractivity contribution in [1.82, 2.24) is 4.90 Å². The summed E-state index contributed by atoms with van der Waals surface area (Å²) in [5.74, 6) is -2.30. The minimum atomic E-state index is -1.43. The molecule has 6 atom stereocenters. The molecular weight excluding hydrogens is 594 g/mol. The van der Waals surface area contributed by atoms with Gasteiger partial charge in [-0.3, -0.25) is 14.4 Å². The lowest BCUT2D eigenvalue weighted by Crippen LogP contribution is -2.60.